The lowest BCUT2D eigenvalue weighted by atomic mass is 9.92. The van der Waals surface area contributed by atoms with E-state index in [0.717, 1.165) is 0 Å². The molecule has 0 N–H and O–H groups in total. The molecule has 1 unspecified atom stereocenters. The van der Waals surface area contributed by atoms with Crippen LogP contribution in [0.3, 0.4) is 0 Å². The normalized spacial score (nSPS) is 12.6. The Morgan fingerprint density at radius 1 is 1.33 bits per heavy atom. The van der Waals surface area contributed by atoms with Crippen LogP contribution in [0.5, 0.6) is 0 Å². The van der Waals surface area contributed by atoms with Crippen molar-refractivity contribution in [3.05, 3.63) is 0 Å². The highest BCUT2D eigenvalue weighted by Gasteiger charge is 2.44. The summed E-state index contributed by atoms with van der Waals surface area (Å²) in [6, 6.07) is 3.54. The van der Waals surface area contributed by atoms with Gasteiger partial charge in [0.25, 0.3) is 5.60 Å². The molecule has 0 saturated carbocycles. The van der Waals surface area contributed by atoms with Gasteiger partial charge in [-0.05, 0) is 12.3 Å². The van der Waals surface area contributed by atoms with Gasteiger partial charge in [-0.15, -0.1) is 0 Å². The van der Waals surface area contributed by atoms with E-state index in [9.17, 15) is 4.79 Å². The quantitative estimate of drug-likeness (QED) is 0.503. The van der Waals surface area contributed by atoms with Crippen LogP contribution >= 0.6 is 0 Å². The third kappa shape index (κ3) is 4.70. The Kier molecular flexibility index (Phi) is 6.96. The molecule has 6 heteroatoms. The third-order valence-corrected chi connectivity index (χ3v) is 2.18. The molecule has 0 amide bonds. The van der Waals surface area contributed by atoms with Gasteiger partial charge in [-0.2, -0.15) is 10.5 Å². The fourth-order valence-electron chi connectivity index (χ4n) is 1.40. The number of carbonyl (C=O) groups is 1. The van der Waals surface area contributed by atoms with Crippen LogP contribution < -0.4 is 0 Å². The van der Waals surface area contributed by atoms with E-state index in [0.29, 0.717) is 6.42 Å². The average molecular weight is 254 g/mol. The smallest absolute Gasteiger partial charge is 0.303 e. The Morgan fingerprint density at radius 2 is 1.89 bits per heavy atom. The van der Waals surface area contributed by atoms with Gasteiger partial charge in [0, 0.05) is 14.0 Å². The SMILES string of the molecule is COCOC(C#N)(C#N)C(CC(C)C)OC(C)=O. The van der Waals surface area contributed by atoms with Gasteiger partial charge in [-0.25, -0.2) is 0 Å². The Hall–Kier alpha value is -1.63. The van der Waals surface area contributed by atoms with Crippen LogP contribution in [0.15, 0.2) is 0 Å². The number of hydrogen-bond donors (Lipinski definition) is 0. The summed E-state index contributed by atoms with van der Waals surface area (Å²) in [5.74, 6) is -0.418. The van der Waals surface area contributed by atoms with Gasteiger partial charge in [-0.1, -0.05) is 13.8 Å². The largest absolute Gasteiger partial charge is 0.457 e. The second kappa shape index (κ2) is 7.65. The molecule has 0 aliphatic heterocycles. The molecule has 0 aromatic carbocycles. The summed E-state index contributed by atoms with van der Waals surface area (Å²) in [6.45, 7) is 4.79. The van der Waals surface area contributed by atoms with Crippen LogP contribution in [-0.2, 0) is 19.0 Å². The molecule has 0 spiro atoms. The molecule has 0 aliphatic carbocycles. The maximum absolute atomic E-state index is 11.1. The van der Waals surface area contributed by atoms with Crippen molar-refractivity contribution in [2.45, 2.75) is 38.9 Å². The van der Waals surface area contributed by atoms with E-state index in [1.807, 2.05) is 13.8 Å². The lowest BCUT2D eigenvalue weighted by molar-refractivity contribution is -0.169. The summed E-state index contributed by atoms with van der Waals surface area (Å²) >= 11 is 0. The van der Waals surface area contributed by atoms with E-state index in [4.69, 9.17) is 24.7 Å². The van der Waals surface area contributed by atoms with Gasteiger partial charge >= 0.3 is 5.97 Å². The predicted octanol–water partition coefficient (Wildman–Crippen LogP) is 1.37. The number of rotatable bonds is 7. The molecule has 0 bridgehead atoms. The van der Waals surface area contributed by atoms with Gasteiger partial charge in [0.05, 0.1) is 0 Å². The average Bonchev–Trinajstić information content (AvgIpc) is 2.29. The van der Waals surface area contributed by atoms with Crippen molar-refractivity contribution in [1.82, 2.24) is 0 Å². The highest BCUT2D eigenvalue weighted by molar-refractivity contribution is 5.66. The molecular formula is C12H18N2O4. The van der Waals surface area contributed by atoms with Crippen molar-refractivity contribution in [1.29, 1.82) is 10.5 Å². The lowest BCUT2D eigenvalue weighted by Gasteiger charge is -2.29. The maximum atomic E-state index is 11.1. The first-order chi connectivity index (χ1) is 8.41. The minimum atomic E-state index is -1.84. The Morgan fingerprint density at radius 3 is 2.22 bits per heavy atom. The first-order valence-electron chi connectivity index (χ1n) is 5.54. The zero-order valence-electron chi connectivity index (χ0n) is 11.1. The molecule has 0 aromatic heterocycles. The fourth-order valence-corrected chi connectivity index (χ4v) is 1.40. The van der Waals surface area contributed by atoms with Gasteiger partial charge < -0.3 is 14.2 Å². The van der Waals surface area contributed by atoms with Crippen LogP contribution in [0, 0.1) is 28.6 Å². The molecule has 0 radical (unpaired) electrons. The van der Waals surface area contributed by atoms with E-state index < -0.39 is 17.7 Å². The molecule has 100 valence electrons. The third-order valence-electron chi connectivity index (χ3n) is 2.18. The van der Waals surface area contributed by atoms with Crippen LogP contribution in [0.2, 0.25) is 0 Å². The summed E-state index contributed by atoms with van der Waals surface area (Å²) in [6.07, 6.45) is -0.593. The molecule has 0 heterocycles. The van der Waals surface area contributed by atoms with Gasteiger partial charge in [0.1, 0.15) is 18.9 Å². The zero-order valence-corrected chi connectivity index (χ0v) is 11.1. The monoisotopic (exact) mass is 254 g/mol. The second-order valence-electron chi connectivity index (χ2n) is 4.24. The van der Waals surface area contributed by atoms with E-state index in [2.05, 4.69) is 0 Å². The van der Waals surface area contributed by atoms with Gasteiger partial charge in [0.2, 0.25) is 0 Å². The highest BCUT2D eigenvalue weighted by Crippen LogP contribution is 2.24. The van der Waals surface area contributed by atoms with E-state index in [-0.39, 0.29) is 12.7 Å². The topological polar surface area (TPSA) is 92.3 Å². The van der Waals surface area contributed by atoms with Crippen LogP contribution in [0.25, 0.3) is 0 Å². The van der Waals surface area contributed by atoms with Crippen molar-refractivity contribution in [3.8, 4) is 12.1 Å². The second-order valence-corrected chi connectivity index (χ2v) is 4.24. The maximum Gasteiger partial charge on any atom is 0.303 e. The van der Waals surface area contributed by atoms with E-state index >= 15 is 0 Å². The molecule has 0 aromatic rings. The van der Waals surface area contributed by atoms with Crippen molar-refractivity contribution in [2.75, 3.05) is 13.9 Å². The van der Waals surface area contributed by atoms with Crippen LogP contribution in [0.1, 0.15) is 27.2 Å². The first kappa shape index (κ1) is 16.4. The van der Waals surface area contributed by atoms with Crippen molar-refractivity contribution in [3.63, 3.8) is 0 Å². The summed E-state index contributed by atoms with van der Waals surface area (Å²) in [5, 5.41) is 18.3. The summed E-state index contributed by atoms with van der Waals surface area (Å²) < 4.78 is 14.9. The number of nitriles is 2. The Labute approximate surface area is 107 Å². The molecular weight excluding hydrogens is 236 g/mol. The molecule has 0 saturated heterocycles. The Bertz CT molecular complexity index is 340. The van der Waals surface area contributed by atoms with E-state index in [1.165, 1.54) is 14.0 Å². The van der Waals surface area contributed by atoms with Crippen molar-refractivity contribution in [2.24, 2.45) is 5.92 Å². The minimum absolute atomic E-state index is 0.140. The summed E-state index contributed by atoms with van der Waals surface area (Å²) in [5.41, 5.74) is -1.84. The number of hydrogen-bond acceptors (Lipinski definition) is 6. The number of carbonyl (C=O) groups excluding carboxylic acids is 1. The van der Waals surface area contributed by atoms with Crippen LogP contribution in [0.4, 0.5) is 0 Å². The summed E-state index contributed by atoms with van der Waals surface area (Å²) in [7, 11) is 1.38. The first-order valence-corrected chi connectivity index (χ1v) is 5.54. The van der Waals surface area contributed by atoms with Gasteiger partial charge in [-0.3, -0.25) is 4.79 Å². The molecule has 0 fully saturated rings. The number of methoxy groups -OCH3 is 1. The minimum Gasteiger partial charge on any atom is -0.457 e. The van der Waals surface area contributed by atoms with Gasteiger partial charge in [0.15, 0.2) is 6.10 Å². The molecule has 1 atom stereocenters. The fraction of sp³-hybridized carbons (Fsp3) is 0.750. The molecule has 0 rings (SSSR count). The van der Waals surface area contributed by atoms with E-state index in [1.54, 1.807) is 12.1 Å². The standard InChI is InChI=1S/C12H18N2O4/c1-9(2)5-11(18-10(3)15)12(6-13,7-14)17-8-16-4/h9,11H,5,8H2,1-4H3. The molecule has 6 nitrogen and oxygen atoms in total. The lowest BCUT2D eigenvalue weighted by Crippen LogP contribution is -2.46. The molecule has 0 aliphatic rings. The van der Waals surface area contributed by atoms with Crippen molar-refractivity contribution >= 4 is 5.97 Å². The number of ether oxygens (including phenoxy) is 3. The zero-order chi connectivity index (χ0) is 14.2. The summed E-state index contributed by atoms with van der Waals surface area (Å²) in [4.78, 5) is 11.1. The highest BCUT2D eigenvalue weighted by atomic mass is 16.7. The molecule has 18 heavy (non-hydrogen) atoms. The predicted molar refractivity (Wildman–Crippen MR) is 61.9 cm³/mol. The Balaban J connectivity index is 5.14. The number of nitrogens with zero attached hydrogens (tertiary/aromatic N) is 2. The van der Waals surface area contributed by atoms with Crippen LogP contribution in [-0.4, -0.2) is 31.6 Å². The number of esters is 1. The van der Waals surface area contributed by atoms with Crippen molar-refractivity contribution < 1.29 is 19.0 Å².